The van der Waals surface area contributed by atoms with Crippen LogP contribution in [0.2, 0.25) is 0 Å². The van der Waals surface area contributed by atoms with Gasteiger partial charge in [0.2, 0.25) is 5.91 Å². The molecule has 2 N–H and O–H groups in total. The molecule has 2 aliphatic rings. The highest BCUT2D eigenvalue weighted by atomic mass is 16.5. The number of amides is 1. The fourth-order valence-corrected chi connectivity index (χ4v) is 2.70. The fourth-order valence-electron chi connectivity index (χ4n) is 2.70. The van der Waals surface area contributed by atoms with E-state index in [1.54, 1.807) is 0 Å². The zero-order valence-corrected chi connectivity index (χ0v) is 11.0. The van der Waals surface area contributed by atoms with E-state index in [-0.39, 0.29) is 11.9 Å². The maximum Gasteiger partial charge on any atom is 0.223 e. The number of nitrogens with zero attached hydrogens (tertiary/aromatic N) is 1. The molecule has 1 heterocycles. The summed E-state index contributed by atoms with van der Waals surface area (Å²) < 4.78 is 5.73. The molecule has 19 heavy (non-hydrogen) atoms. The van der Waals surface area contributed by atoms with Gasteiger partial charge in [-0.15, -0.1) is 0 Å². The predicted octanol–water partition coefficient (Wildman–Crippen LogP) is 1.71. The molecule has 1 aliphatic carbocycles. The molecule has 1 unspecified atom stereocenters. The number of hydrogen-bond acceptors (Lipinski definition) is 3. The van der Waals surface area contributed by atoms with Gasteiger partial charge in [0.1, 0.15) is 12.4 Å². The number of carbonyl (C=O) groups excluding carboxylic acids is 1. The molecule has 0 bridgehead atoms. The third-order valence-corrected chi connectivity index (χ3v) is 3.95. The van der Waals surface area contributed by atoms with Crippen molar-refractivity contribution in [2.45, 2.75) is 25.3 Å². The Hall–Kier alpha value is -1.55. The van der Waals surface area contributed by atoms with Crippen LogP contribution in [0.25, 0.3) is 0 Å². The van der Waals surface area contributed by atoms with Gasteiger partial charge in [-0.3, -0.25) is 4.79 Å². The number of fused-ring (bicyclic) bond motifs is 1. The highest BCUT2D eigenvalue weighted by molar-refractivity contribution is 5.77. The van der Waals surface area contributed by atoms with E-state index in [1.807, 2.05) is 29.2 Å². The van der Waals surface area contributed by atoms with E-state index < -0.39 is 0 Å². The van der Waals surface area contributed by atoms with Gasteiger partial charge >= 0.3 is 0 Å². The summed E-state index contributed by atoms with van der Waals surface area (Å²) in [6, 6.07) is 7.83. The summed E-state index contributed by atoms with van der Waals surface area (Å²) in [5, 5.41) is 0. The van der Waals surface area contributed by atoms with Crippen LogP contribution >= 0.6 is 0 Å². The molecule has 0 radical (unpaired) electrons. The molecular weight excluding hydrogens is 240 g/mol. The average Bonchev–Trinajstić information content (AvgIpc) is 3.23. The molecule has 1 atom stereocenters. The molecule has 4 nitrogen and oxygen atoms in total. The van der Waals surface area contributed by atoms with Crippen molar-refractivity contribution in [1.82, 2.24) is 4.90 Å². The van der Waals surface area contributed by atoms with Gasteiger partial charge in [0, 0.05) is 18.5 Å². The van der Waals surface area contributed by atoms with Crippen molar-refractivity contribution in [3.05, 3.63) is 29.8 Å². The summed E-state index contributed by atoms with van der Waals surface area (Å²) in [7, 11) is 0. The molecular formula is C15H20N2O2. The van der Waals surface area contributed by atoms with Crippen molar-refractivity contribution in [2.24, 2.45) is 11.7 Å². The van der Waals surface area contributed by atoms with Crippen LogP contribution in [0.1, 0.15) is 30.9 Å². The monoisotopic (exact) mass is 260 g/mol. The smallest absolute Gasteiger partial charge is 0.223 e. The molecule has 0 spiro atoms. The largest absolute Gasteiger partial charge is 0.491 e. The molecule has 1 aromatic carbocycles. The van der Waals surface area contributed by atoms with Crippen molar-refractivity contribution in [3.63, 3.8) is 0 Å². The van der Waals surface area contributed by atoms with E-state index in [4.69, 9.17) is 10.5 Å². The molecule has 3 rings (SSSR count). The van der Waals surface area contributed by atoms with Gasteiger partial charge in [0.05, 0.1) is 12.6 Å². The van der Waals surface area contributed by atoms with Crippen LogP contribution in [0.4, 0.5) is 0 Å². The Kier molecular flexibility index (Phi) is 3.42. The first-order chi connectivity index (χ1) is 9.29. The van der Waals surface area contributed by atoms with Crippen molar-refractivity contribution >= 4 is 5.91 Å². The second kappa shape index (κ2) is 5.21. The van der Waals surface area contributed by atoms with Crippen LogP contribution in [0.5, 0.6) is 5.75 Å². The first-order valence-electron chi connectivity index (χ1n) is 7.01. The lowest BCUT2D eigenvalue weighted by molar-refractivity contribution is -0.134. The van der Waals surface area contributed by atoms with E-state index in [9.17, 15) is 4.79 Å². The number of para-hydroxylation sites is 1. The lowest BCUT2D eigenvalue weighted by Crippen LogP contribution is -2.39. The Morgan fingerprint density at radius 1 is 1.37 bits per heavy atom. The summed E-state index contributed by atoms with van der Waals surface area (Å²) in [6.45, 7) is 1.61. The molecule has 1 aromatic rings. The first-order valence-corrected chi connectivity index (χ1v) is 7.01. The second-order valence-electron chi connectivity index (χ2n) is 5.37. The molecule has 0 saturated heterocycles. The molecule has 1 aliphatic heterocycles. The van der Waals surface area contributed by atoms with Crippen molar-refractivity contribution in [1.29, 1.82) is 0 Å². The molecule has 102 valence electrons. The Bertz CT molecular complexity index is 471. The topological polar surface area (TPSA) is 55.6 Å². The predicted molar refractivity (Wildman–Crippen MR) is 72.8 cm³/mol. The van der Waals surface area contributed by atoms with Gasteiger partial charge in [-0.25, -0.2) is 0 Å². The standard InChI is InChI=1S/C15H20N2O2/c16-10-13-12-3-1-2-4-14(12)19-8-7-17(13)15(18)9-11-5-6-11/h1-4,11,13H,5-10,16H2. The number of benzene rings is 1. The number of carbonyl (C=O) groups is 1. The Balaban J connectivity index is 1.85. The van der Waals surface area contributed by atoms with Crippen LogP contribution in [0.15, 0.2) is 24.3 Å². The quantitative estimate of drug-likeness (QED) is 0.900. The van der Waals surface area contributed by atoms with E-state index >= 15 is 0 Å². The van der Waals surface area contributed by atoms with Gasteiger partial charge in [-0.2, -0.15) is 0 Å². The lowest BCUT2D eigenvalue weighted by Gasteiger charge is -2.29. The van der Waals surface area contributed by atoms with Gasteiger partial charge in [-0.05, 0) is 24.8 Å². The zero-order chi connectivity index (χ0) is 13.2. The van der Waals surface area contributed by atoms with E-state index in [0.717, 1.165) is 11.3 Å². The minimum absolute atomic E-state index is 0.0510. The van der Waals surface area contributed by atoms with Gasteiger partial charge in [0.15, 0.2) is 0 Å². The Labute approximate surface area is 113 Å². The maximum absolute atomic E-state index is 12.4. The van der Waals surface area contributed by atoms with Gasteiger partial charge in [0.25, 0.3) is 0 Å². The summed E-state index contributed by atoms with van der Waals surface area (Å²) in [4.78, 5) is 14.3. The lowest BCUT2D eigenvalue weighted by atomic mass is 10.0. The molecule has 1 amide bonds. The van der Waals surface area contributed by atoms with Crippen molar-refractivity contribution in [3.8, 4) is 5.75 Å². The van der Waals surface area contributed by atoms with E-state index in [1.165, 1.54) is 12.8 Å². The summed E-state index contributed by atoms with van der Waals surface area (Å²) in [5.74, 6) is 1.68. The highest BCUT2D eigenvalue weighted by Gasteiger charge is 2.32. The van der Waals surface area contributed by atoms with Crippen molar-refractivity contribution < 1.29 is 9.53 Å². The molecule has 0 aromatic heterocycles. The average molecular weight is 260 g/mol. The minimum Gasteiger partial charge on any atom is -0.491 e. The van der Waals surface area contributed by atoms with Crippen LogP contribution in [-0.2, 0) is 4.79 Å². The maximum atomic E-state index is 12.4. The first kappa shape index (κ1) is 12.5. The molecule has 1 fully saturated rings. The summed E-state index contributed by atoms with van der Waals surface area (Å²) in [5.41, 5.74) is 6.95. The number of ether oxygens (including phenoxy) is 1. The zero-order valence-electron chi connectivity index (χ0n) is 11.0. The van der Waals surface area contributed by atoms with Gasteiger partial charge < -0.3 is 15.4 Å². The number of rotatable bonds is 3. The fraction of sp³-hybridized carbons (Fsp3) is 0.533. The van der Waals surface area contributed by atoms with Crippen LogP contribution < -0.4 is 10.5 Å². The van der Waals surface area contributed by atoms with Gasteiger partial charge in [-0.1, -0.05) is 18.2 Å². The third kappa shape index (κ3) is 2.59. The SMILES string of the molecule is NCC1c2ccccc2OCCN1C(=O)CC1CC1. The molecule has 1 saturated carbocycles. The Morgan fingerprint density at radius 2 is 2.16 bits per heavy atom. The number of nitrogens with two attached hydrogens (primary N) is 1. The third-order valence-electron chi connectivity index (χ3n) is 3.95. The van der Waals surface area contributed by atoms with Crippen LogP contribution in [0, 0.1) is 5.92 Å². The summed E-state index contributed by atoms with van der Waals surface area (Å²) >= 11 is 0. The normalized spacial score (nSPS) is 22.4. The summed E-state index contributed by atoms with van der Waals surface area (Å²) in [6.07, 6.45) is 3.05. The van der Waals surface area contributed by atoms with E-state index in [2.05, 4.69) is 0 Å². The second-order valence-corrected chi connectivity index (χ2v) is 5.37. The van der Waals surface area contributed by atoms with Crippen LogP contribution in [0.3, 0.4) is 0 Å². The Morgan fingerprint density at radius 3 is 2.89 bits per heavy atom. The molecule has 4 heteroatoms. The minimum atomic E-state index is -0.0510. The number of hydrogen-bond donors (Lipinski definition) is 1. The van der Waals surface area contributed by atoms with Crippen LogP contribution in [-0.4, -0.2) is 30.5 Å². The van der Waals surface area contributed by atoms with Crippen molar-refractivity contribution in [2.75, 3.05) is 19.7 Å². The van der Waals surface area contributed by atoms with E-state index in [0.29, 0.717) is 32.0 Å². The highest BCUT2D eigenvalue weighted by Crippen LogP contribution is 2.36.